The predicted octanol–water partition coefficient (Wildman–Crippen LogP) is 1.36. The monoisotopic (exact) mass is 330 g/mol. The van der Waals surface area contributed by atoms with Crippen LogP contribution in [0, 0.1) is 0 Å². The summed E-state index contributed by atoms with van der Waals surface area (Å²) in [6.45, 7) is 2.68. The molecule has 1 amide bonds. The molecule has 0 aliphatic rings. The topological polar surface area (TPSA) is 75.3 Å². The maximum Gasteiger partial charge on any atom is 0.232 e. The lowest BCUT2D eigenvalue weighted by Gasteiger charge is -2.12. The van der Waals surface area contributed by atoms with Crippen molar-refractivity contribution >= 4 is 27.7 Å². The summed E-state index contributed by atoms with van der Waals surface area (Å²) < 4.78 is 24.1. The van der Waals surface area contributed by atoms with Crippen molar-refractivity contribution in [3.05, 3.63) is 35.9 Å². The molecule has 21 heavy (non-hydrogen) atoms. The maximum atomic E-state index is 11.9. The molecule has 1 unspecified atom stereocenters. The van der Waals surface area contributed by atoms with Gasteiger partial charge in [-0.1, -0.05) is 30.3 Å². The third-order valence-electron chi connectivity index (χ3n) is 2.73. The van der Waals surface area contributed by atoms with Crippen molar-refractivity contribution in [3.8, 4) is 0 Å². The van der Waals surface area contributed by atoms with Gasteiger partial charge in [0, 0.05) is 18.8 Å². The highest BCUT2D eigenvalue weighted by Crippen LogP contribution is 2.17. The fourth-order valence-corrected chi connectivity index (χ4v) is 2.96. The minimum absolute atomic E-state index is 0.0183. The highest BCUT2D eigenvalue weighted by molar-refractivity contribution is 7.99. The van der Waals surface area contributed by atoms with E-state index in [1.807, 2.05) is 37.3 Å². The van der Waals surface area contributed by atoms with E-state index in [0.29, 0.717) is 19.5 Å². The Morgan fingerprint density at radius 2 is 1.90 bits per heavy atom. The van der Waals surface area contributed by atoms with E-state index in [1.165, 1.54) is 5.56 Å². The number of thioether (sulfide) groups is 1. The summed E-state index contributed by atoms with van der Waals surface area (Å²) in [5, 5.41) is 2.68. The summed E-state index contributed by atoms with van der Waals surface area (Å²) in [5.74, 6) is 0.778. The highest BCUT2D eigenvalue weighted by atomic mass is 32.2. The number of benzene rings is 1. The van der Waals surface area contributed by atoms with Gasteiger partial charge in [0.05, 0.1) is 11.5 Å². The van der Waals surface area contributed by atoms with Crippen LogP contribution in [0.3, 0.4) is 0 Å². The molecular weight excluding hydrogens is 308 g/mol. The Balaban J connectivity index is 2.16. The molecule has 1 atom stereocenters. The van der Waals surface area contributed by atoms with E-state index in [0.717, 1.165) is 12.0 Å². The largest absolute Gasteiger partial charge is 0.355 e. The first-order valence-corrected chi connectivity index (χ1v) is 9.70. The molecule has 5 nitrogen and oxygen atoms in total. The summed E-state index contributed by atoms with van der Waals surface area (Å²) in [6.07, 6.45) is 1.70. The van der Waals surface area contributed by atoms with Gasteiger partial charge in [-0.2, -0.15) is 0 Å². The number of carbonyl (C=O) groups is 1. The molecule has 0 aliphatic heterocycles. The first kappa shape index (κ1) is 18.0. The standard InChI is InChI=1S/C14H22N2O3S2/c1-12(20-11-13-7-4-3-5-8-13)14(17)15-9-6-10-16-21(2,18)19/h3-5,7-8,12,16H,6,9-11H2,1-2H3,(H,15,17). The first-order chi connectivity index (χ1) is 9.88. The van der Waals surface area contributed by atoms with Crippen LogP contribution in [0.15, 0.2) is 30.3 Å². The Labute approximate surface area is 130 Å². The van der Waals surface area contributed by atoms with Gasteiger partial charge >= 0.3 is 0 Å². The first-order valence-electron chi connectivity index (χ1n) is 6.76. The van der Waals surface area contributed by atoms with Crippen molar-refractivity contribution in [1.29, 1.82) is 0 Å². The van der Waals surface area contributed by atoms with Gasteiger partial charge in [0.2, 0.25) is 15.9 Å². The SMILES string of the molecule is CC(SCc1ccccc1)C(=O)NCCCNS(C)(=O)=O. The number of rotatable bonds is 9. The molecule has 0 spiro atoms. The van der Waals surface area contributed by atoms with Crippen LogP contribution >= 0.6 is 11.8 Å². The zero-order valence-corrected chi connectivity index (χ0v) is 14.0. The van der Waals surface area contributed by atoms with Gasteiger partial charge in [-0.25, -0.2) is 13.1 Å². The average molecular weight is 330 g/mol. The van der Waals surface area contributed by atoms with E-state index < -0.39 is 10.0 Å². The third-order valence-corrected chi connectivity index (χ3v) is 4.67. The molecule has 1 rings (SSSR count). The van der Waals surface area contributed by atoms with Crippen molar-refractivity contribution in [3.63, 3.8) is 0 Å². The van der Waals surface area contributed by atoms with Crippen LogP contribution < -0.4 is 10.0 Å². The number of nitrogens with one attached hydrogen (secondary N) is 2. The van der Waals surface area contributed by atoms with E-state index in [-0.39, 0.29) is 11.2 Å². The van der Waals surface area contributed by atoms with Crippen molar-refractivity contribution in [2.75, 3.05) is 19.3 Å². The molecule has 1 aromatic rings. The summed E-state index contributed by atoms with van der Waals surface area (Å²) in [5.41, 5.74) is 1.19. The molecule has 0 fully saturated rings. The molecule has 0 aromatic heterocycles. The second kappa shape index (κ2) is 9.07. The lowest BCUT2D eigenvalue weighted by atomic mass is 10.2. The summed E-state index contributed by atoms with van der Waals surface area (Å²) >= 11 is 1.58. The number of hydrogen-bond donors (Lipinski definition) is 2. The van der Waals surface area contributed by atoms with Gasteiger partial charge in [-0.05, 0) is 18.9 Å². The highest BCUT2D eigenvalue weighted by Gasteiger charge is 2.12. The number of sulfonamides is 1. The fourth-order valence-electron chi connectivity index (χ4n) is 1.57. The predicted molar refractivity (Wildman–Crippen MR) is 87.7 cm³/mol. The molecule has 0 saturated heterocycles. The van der Waals surface area contributed by atoms with E-state index in [4.69, 9.17) is 0 Å². The molecule has 0 aliphatic carbocycles. The van der Waals surface area contributed by atoms with Crippen LogP contribution in [0.4, 0.5) is 0 Å². The minimum Gasteiger partial charge on any atom is -0.355 e. The van der Waals surface area contributed by atoms with Gasteiger partial charge in [0.15, 0.2) is 0 Å². The lowest BCUT2D eigenvalue weighted by Crippen LogP contribution is -2.33. The molecule has 7 heteroatoms. The zero-order valence-electron chi connectivity index (χ0n) is 12.3. The van der Waals surface area contributed by atoms with Crippen LogP contribution in [0.1, 0.15) is 18.9 Å². The summed E-state index contributed by atoms with van der Waals surface area (Å²) in [4.78, 5) is 11.9. The van der Waals surface area contributed by atoms with Crippen molar-refractivity contribution in [2.24, 2.45) is 0 Å². The normalized spacial score (nSPS) is 12.9. The number of amides is 1. The summed E-state index contributed by atoms with van der Waals surface area (Å²) in [6, 6.07) is 10.0. The van der Waals surface area contributed by atoms with Crippen molar-refractivity contribution in [2.45, 2.75) is 24.3 Å². The Morgan fingerprint density at radius 1 is 1.24 bits per heavy atom. The van der Waals surface area contributed by atoms with Gasteiger partial charge in [0.1, 0.15) is 0 Å². The molecule has 0 bridgehead atoms. The van der Waals surface area contributed by atoms with Gasteiger partial charge < -0.3 is 5.32 Å². The average Bonchev–Trinajstić information content (AvgIpc) is 2.44. The van der Waals surface area contributed by atoms with E-state index in [9.17, 15) is 13.2 Å². The van der Waals surface area contributed by atoms with Crippen LogP contribution in [-0.4, -0.2) is 38.9 Å². The molecule has 118 valence electrons. The zero-order chi connectivity index (χ0) is 15.7. The van der Waals surface area contributed by atoms with E-state index in [2.05, 4.69) is 10.0 Å². The van der Waals surface area contributed by atoms with Crippen LogP contribution in [0.25, 0.3) is 0 Å². The van der Waals surface area contributed by atoms with Crippen molar-refractivity contribution in [1.82, 2.24) is 10.0 Å². The van der Waals surface area contributed by atoms with Crippen molar-refractivity contribution < 1.29 is 13.2 Å². The second-order valence-electron chi connectivity index (χ2n) is 4.75. The summed E-state index contributed by atoms with van der Waals surface area (Å²) in [7, 11) is -3.15. The second-order valence-corrected chi connectivity index (χ2v) is 7.91. The smallest absolute Gasteiger partial charge is 0.232 e. The molecule has 0 heterocycles. The van der Waals surface area contributed by atoms with Gasteiger partial charge in [0.25, 0.3) is 0 Å². The van der Waals surface area contributed by atoms with E-state index >= 15 is 0 Å². The van der Waals surface area contributed by atoms with Crippen LogP contribution in [-0.2, 0) is 20.6 Å². The fraction of sp³-hybridized carbons (Fsp3) is 0.500. The van der Waals surface area contributed by atoms with Gasteiger partial charge in [-0.3, -0.25) is 4.79 Å². The molecule has 0 saturated carbocycles. The Morgan fingerprint density at radius 3 is 2.52 bits per heavy atom. The molecule has 2 N–H and O–H groups in total. The lowest BCUT2D eigenvalue weighted by molar-refractivity contribution is -0.120. The third kappa shape index (κ3) is 8.75. The number of carbonyl (C=O) groups excluding carboxylic acids is 1. The maximum absolute atomic E-state index is 11.9. The molecule has 0 radical (unpaired) electrons. The molecule has 1 aromatic carbocycles. The molecular formula is C14H22N2O3S2. The van der Waals surface area contributed by atoms with Crippen LogP contribution in [0.5, 0.6) is 0 Å². The number of hydrogen-bond acceptors (Lipinski definition) is 4. The minimum atomic E-state index is -3.15. The van der Waals surface area contributed by atoms with Gasteiger partial charge in [-0.15, -0.1) is 11.8 Å². The van der Waals surface area contributed by atoms with E-state index in [1.54, 1.807) is 11.8 Å². The Hall–Kier alpha value is -1.05. The van der Waals surface area contributed by atoms with Crippen LogP contribution in [0.2, 0.25) is 0 Å². The Kier molecular flexibility index (Phi) is 7.77. The quantitative estimate of drug-likeness (QED) is 0.671. The Bertz CT molecular complexity index is 532.